The van der Waals surface area contributed by atoms with E-state index in [0.717, 1.165) is 36.6 Å². The van der Waals surface area contributed by atoms with Gasteiger partial charge in [0.15, 0.2) is 11.9 Å². The number of aromatic nitrogens is 2. The predicted molar refractivity (Wildman–Crippen MR) is 93.1 cm³/mol. The Labute approximate surface area is 156 Å². The minimum atomic E-state index is -4.65. The fourth-order valence-corrected chi connectivity index (χ4v) is 4.96. The van der Waals surface area contributed by atoms with Gasteiger partial charge >= 0.3 is 6.18 Å². The fraction of sp³-hybridized carbons (Fsp3) is 0.789. The summed E-state index contributed by atoms with van der Waals surface area (Å²) < 4.78 is 42.0. The smallest absolute Gasteiger partial charge is 0.389 e. The largest absolute Gasteiger partial charge is 0.433 e. The highest BCUT2D eigenvalue weighted by atomic mass is 19.4. The summed E-state index contributed by atoms with van der Waals surface area (Å²) in [6.45, 7) is 4.89. The van der Waals surface area contributed by atoms with Crippen LogP contribution in [0, 0.1) is 17.8 Å². The number of hydrogen-bond donors (Lipinski definition) is 2. The van der Waals surface area contributed by atoms with E-state index in [4.69, 9.17) is 0 Å². The Kier molecular flexibility index (Phi) is 4.06. The average molecular weight is 385 g/mol. The van der Waals surface area contributed by atoms with Crippen LogP contribution in [0.25, 0.3) is 0 Å². The lowest BCUT2D eigenvalue weighted by molar-refractivity contribution is -0.147. The maximum absolute atomic E-state index is 13.7. The summed E-state index contributed by atoms with van der Waals surface area (Å²) in [5, 5.41) is 25.1. The van der Waals surface area contributed by atoms with Crippen LogP contribution in [0.4, 0.5) is 13.2 Å². The third-order valence-electron chi connectivity index (χ3n) is 6.26. The van der Waals surface area contributed by atoms with Crippen molar-refractivity contribution in [1.29, 1.82) is 0 Å². The zero-order chi connectivity index (χ0) is 19.8. The number of hydrogen-bond acceptors (Lipinski definition) is 4. The van der Waals surface area contributed by atoms with Crippen LogP contribution in [0.3, 0.4) is 0 Å². The lowest BCUT2D eigenvalue weighted by atomic mass is 9.96. The van der Waals surface area contributed by atoms with Gasteiger partial charge in [-0.2, -0.15) is 18.3 Å². The number of aliphatic hydroxyl groups excluding tert-OH is 1. The second kappa shape index (κ2) is 5.80. The van der Waals surface area contributed by atoms with Crippen molar-refractivity contribution < 1.29 is 23.4 Å². The van der Waals surface area contributed by atoms with Crippen LogP contribution in [0.15, 0.2) is 11.2 Å². The van der Waals surface area contributed by atoms with E-state index < -0.39 is 29.2 Å². The fourth-order valence-electron chi connectivity index (χ4n) is 4.96. The molecule has 1 aromatic rings. The molecule has 0 saturated heterocycles. The highest BCUT2D eigenvalue weighted by molar-refractivity contribution is 5.93. The number of rotatable bonds is 2. The molecule has 0 aromatic carbocycles. The molecule has 27 heavy (non-hydrogen) atoms. The molecule has 3 aliphatic rings. The molecule has 2 bridgehead atoms. The number of halogens is 3. The second-order valence-corrected chi connectivity index (χ2v) is 9.40. The number of aliphatic imine (C=N–C) groups is 1. The Morgan fingerprint density at radius 2 is 1.96 bits per heavy atom. The van der Waals surface area contributed by atoms with Gasteiger partial charge in [-0.05, 0) is 64.7 Å². The van der Waals surface area contributed by atoms with Gasteiger partial charge in [-0.1, -0.05) is 0 Å². The predicted octanol–water partition coefficient (Wildman–Crippen LogP) is 3.66. The Bertz CT molecular complexity index is 776. The van der Waals surface area contributed by atoms with Gasteiger partial charge in [0.1, 0.15) is 0 Å². The van der Waals surface area contributed by atoms with Crippen molar-refractivity contribution in [3.05, 3.63) is 17.5 Å². The Morgan fingerprint density at radius 1 is 1.26 bits per heavy atom. The van der Waals surface area contributed by atoms with Crippen molar-refractivity contribution in [2.45, 2.75) is 76.4 Å². The molecule has 3 fully saturated rings. The van der Waals surface area contributed by atoms with E-state index in [-0.39, 0.29) is 17.4 Å². The maximum atomic E-state index is 13.7. The minimum Gasteiger partial charge on any atom is -0.389 e. The standard InChI is InChI=1S/C19H26F3N3O2/c1-17(2,3)25-15(19(20,21)22)12(9-23-25)16(26)24-14-11-5-4-10(6-11)7-18(27)8-13(14)18/h9-11,13,16,26-27H,4-8H2,1-3H3/t10?,11?,13?,16?,18-/m1/s1. The minimum absolute atomic E-state index is 0.130. The highest BCUT2D eigenvalue weighted by Gasteiger charge is 2.60. The molecule has 150 valence electrons. The van der Waals surface area contributed by atoms with Crippen LogP contribution in [-0.2, 0) is 11.7 Å². The van der Waals surface area contributed by atoms with Crippen molar-refractivity contribution in [2.75, 3.05) is 0 Å². The van der Waals surface area contributed by atoms with Gasteiger partial charge < -0.3 is 10.2 Å². The zero-order valence-corrected chi connectivity index (χ0v) is 15.8. The second-order valence-electron chi connectivity index (χ2n) is 9.40. The van der Waals surface area contributed by atoms with Crippen molar-refractivity contribution in [1.82, 2.24) is 9.78 Å². The summed E-state index contributed by atoms with van der Waals surface area (Å²) in [6, 6.07) is 0. The molecule has 0 amide bonds. The number of alkyl halides is 3. The molecule has 0 radical (unpaired) electrons. The number of nitrogens with zero attached hydrogens (tertiary/aromatic N) is 3. The zero-order valence-electron chi connectivity index (χ0n) is 15.8. The summed E-state index contributed by atoms with van der Waals surface area (Å²) in [4.78, 5) is 4.34. The Balaban J connectivity index is 1.72. The monoisotopic (exact) mass is 385 g/mol. The topological polar surface area (TPSA) is 70.6 Å². The molecule has 0 aliphatic heterocycles. The van der Waals surface area contributed by atoms with Crippen LogP contribution in [0.1, 0.15) is 70.4 Å². The van der Waals surface area contributed by atoms with E-state index in [1.54, 1.807) is 20.8 Å². The van der Waals surface area contributed by atoms with Gasteiger partial charge in [0.25, 0.3) is 0 Å². The first-order chi connectivity index (χ1) is 12.4. The van der Waals surface area contributed by atoms with E-state index >= 15 is 0 Å². The third kappa shape index (κ3) is 3.20. The van der Waals surface area contributed by atoms with E-state index in [1.807, 2.05) is 0 Å². The van der Waals surface area contributed by atoms with Crippen LogP contribution in [-0.4, -0.2) is 31.3 Å². The quantitative estimate of drug-likeness (QED) is 0.816. The molecule has 5 nitrogen and oxygen atoms in total. The molecule has 8 heteroatoms. The molecule has 1 heterocycles. The van der Waals surface area contributed by atoms with Crippen molar-refractivity contribution in [3.63, 3.8) is 0 Å². The van der Waals surface area contributed by atoms with E-state index in [0.29, 0.717) is 18.1 Å². The lowest BCUT2D eigenvalue weighted by Crippen LogP contribution is -2.29. The van der Waals surface area contributed by atoms with Crippen LogP contribution in [0.5, 0.6) is 0 Å². The molecule has 0 spiro atoms. The number of fused-ring (bicyclic) bond motifs is 3. The molecule has 4 unspecified atom stereocenters. The van der Waals surface area contributed by atoms with Gasteiger partial charge in [0, 0.05) is 11.6 Å². The molecule has 3 saturated carbocycles. The summed E-state index contributed by atoms with van der Waals surface area (Å²) >= 11 is 0. The van der Waals surface area contributed by atoms with Gasteiger partial charge in [-0.3, -0.25) is 9.67 Å². The molecule has 3 aliphatic carbocycles. The SMILES string of the molecule is CC(C)(C)n1ncc(C(O)N=C2C3CCC(C3)C[C@@]3(O)CC23)c1C(F)(F)F. The average Bonchev–Trinajstić information content (AvgIpc) is 2.93. The molecule has 5 atom stereocenters. The van der Waals surface area contributed by atoms with E-state index in [2.05, 4.69) is 10.1 Å². The van der Waals surface area contributed by atoms with Crippen molar-refractivity contribution >= 4 is 5.71 Å². The Hall–Kier alpha value is -1.41. The third-order valence-corrected chi connectivity index (χ3v) is 6.26. The number of aliphatic hydroxyl groups is 2. The first-order valence-corrected chi connectivity index (χ1v) is 9.54. The van der Waals surface area contributed by atoms with E-state index in [9.17, 15) is 23.4 Å². The van der Waals surface area contributed by atoms with Crippen LogP contribution in [0.2, 0.25) is 0 Å². The molecule has 4 rings (SSSR count). The molecule has 2 N–H and O–H groups in total. The summed E-state index contributed by atoms with van der Waals surface area (Å²) in [5.41, 5.74) is -2.25. The van der Waals surface area contributed by atoms with Gasteiger partial charge in [-0.15, -0.1) is 0 Å². The molecular formula is C19H26F3N3O2. The van der Waals surface area contributed by atoms with Crippen LogP contribution >= 0.6 is 0 Å². The lowest BCUT2D eigenvalue weighted by Gasteiger charge is -2.24. The van der Waals surface area contributed by atoms with E-state index in [1.165, 1.54) is 0 Å². The maximum Gasteiger partial charge on any atom is 0.433 e. The van der Waals surface area contributed by atoms with Crippen molar-refractivity contribution in [2.24, 2.45) is 22.7 Å². The van der Waals surface area contributed by atoms with Gasteiger partial charge in [0.2, 0.25) is 0 Å². The van der Waals surface area contributed by atoms with Crippen LogP contribution < -0.4 is 0 Å². The summed E-state index contributed by atoms with van der Waals surface area (Å²) in [7, 11) is 0. The van der Waals surface area contributed by atoms with Gasteiger partial charge in [0.05, 0.1) is 22.9 Å². The first kappa shape index (κ1) is 18.9. The Morgan fingerprint density at radius 3 is 2.59 bits per heavy atom. The van der Waals surface area contributed by atoms with Gasteiger partial charge in [-0.25, -0.2) is 0 Å². The highest BCUT2D eigenvalue weighted by Crippen LogP contribution is 2.57. The molecular weight excluding hydrogens is 359 g/mol. The first-order valence-electron chi connectivity index (χ1n) is 9.54. The van der Waals surface area contributed by atoms with Crippen molar-refractivity contribution in [3.8, 4) is 0 Å². The summed E-state index contributed by atoms with van der Waals surface area (Å²) in [6.07, 6.45) is -1.05. The summed E-state index contributed by atoms with van der Waals surface area (Å²) in [5.74, 6) is 0.469. The normalized spacial score (nSPS) is 35.9. The molecule has 1 aromatic heterocycles.